The van der Waals surface area contributed by atoms with Crippen LogP contribution in [0.25, 0.3) is 0 Å². The summed E-state index contributed by atoms with van der Waals surface area (Å²) in [5.41, 5.74) is -0.135. The smallest absolute Gasteiger partial charge is 0.455 e. The lowest BCUT2D eigenvalue weighted by Gasteiger charge is -2.28. The molecule has 80 valence electrons. The highest BCUT2D eigenvalue weighted by Gasteiger charge is 2.61. The first-order valence-electron chi connectivity index (χ1n) is 4.26. The molecule has 1 saturated carbocycles. The van der Waals surface area contributed by atoms with Gasteiger partial charge in [-0.15, -0.1) is 0 Å². The molecule has 2 nitrogen and oxygen atoms in total. The van der Waals surface area contributed by atoms with E-state index in [1.54, 1.807) is 0 Å². The molecule has 0 aromatic rings. The van der Waals surface area contributed by atoms with E-state index in [1.165, 1.54) is 0 Å². The maximum atomic E-state index is 12.3. The molecule has 0 aromatic carbocycles. The molecule has 0 radical (unpaired) electrons. The number of nitrogens with zero attached hydrogens (tertiary/aromatic N) is 1. The van der Waals surface area contributed by atoms with Crippen molar-refractivity contribution in [1.29, 1.82) is 0 Å². The van der Waals surface area contributed by atoms with Crippen LogP contribution in [0.1, 0.15) is 19.8 Å². The fourth-order valence-corrected chi connectivity index (χ4v) is 2.33. The zero-order valence-electron chi connectivity index (χ0n) is 7.49. The normalized spacial score (nSPS) is 35.1. The first kappa shape index (κ1) is 10.5. The fourth-order valence-electron chi connectivity index (χ4n) is 1.41. The van der Waals surface area contributed by atoms with E-state index in [0.29, 0.717) is 0 Å². The molecule has 1 atom stereocenters. The topological polar surface area (TPSA) is 21.6 Å². The van der Waals surface area contributed by atoms with Gasteiger partial charge in [0.2, 0.25) is 0 Å². The van der Waals surface area contributed by atoms with Gasteiger partial charge in [0, 0.05) is 5.41 Å². The monoisotopic (exact) mass is 319 g/mol. The van der Waals surface area contributed by atoms with Crippen molar-refractivity contribution in [3.63, 3.8) is 0 Å². The van der Waals surface area contributed by atoms with E-state index < -0.39 is 15.7 Å². The summed E-state index contributed by atoms with van der Waals surface area (Å²) < 4.78 is 40.9. The Kier molecular flexibility index (Phi) is 2.07. The van der Waals surface area contributed by atoms with Crippen LogP contribution in [0.3, 0.4) is 0 Å². The van der Waals surface area contributed by atoms with E-state index in [0.717, 1.165) is 12.8 Å². The van der Waals surface area contributed by atoms with Crippen LogP contribution < -0.4 is 0 Å². The Bertz CT molecular complexity index is 297. The summed E-state index contributed by atoms with van der Waals surface area (Å²) >= 11 is 1.95. The van der Waals surface area contributed by atoms with Crippen LogP contribution >= 0.6 is 22.6 Å². The van der Waals surface area contributed by atoms with Gasteiger partial charge in [-0.05, 0) is 35.4 Å². The van der Waals surface area contributed by atoms with Gasteiger partial charge >= 0.3 is 6.18 Å². The van der Waals surface area contributed by atoms with E-state index in [-0.39, 0.29) is 12.0 Å². The van der Waals surface area contributed by atoms with Gasteiger partial charge in [-0.25, -0.2) is 4.99 Å². The molecule has 0 spiro atoms. The molecule has 0 saturated heterocycles. The van der Waals surface area contributed by atoms with Crippen molar-refractivity contribution < 1.29 is 17.9 Å². The second kappa shape index (κ2) is 2.76. The summed E-state index contributed by atoms with van der Waals surface area (Å²) in [6.45, 7) is 2.05. The molecule has 14 heavy (non-hydrogen) atoms. The molecule has 2 aliphatic rings. The second-order valence-electron chi connectivity index (χ2n) is 4.01. The molecule has 6 heteroatoms. The number of aliphatic imine (C=N–C) groups is 1. The van der Waals surface area contributed by atoms with Gasteiger partial charge < -0.3 is 4.74 Å². The average Bonchev–Trinajstić information content (AvgIpc) is 2.62. The van der Waals surface area contributed by atoms with E-state index in [2.05, 4.69) is 4.99 Å². The molecular weight excluding hydrogens is 310 g/mol. The largest absolute Gasteiger partial charge is 0.468 e. The Balaban J connectivity index is 2.12. The Labute approximate surface area is 93.0 Å². The van der Waals surface area contributed by atoms with Crippen molar-refractivity contribution in [2.75, 3.05) is 6.54 Å². The van der Waals surface area contributed by atoms with Crippen molar-refractivity contribution >= 4 is 28.5 Å². The first-order valence-corrected chi connectivity index (χ1v) is 5.34. The average molecular weight is 319 g/mol. The number of hydrogen-bond acceptors (Lipinski definition) is 2. The highest BCUT2D eigenvalue weighted by molar-refractivity contribution is 14.1. The third-order valence-corrected chi connectivity index (χ3v) is 4.69. The number of hydrogen-bond donors (Lipinski definition) is 0. The standard InChI is InChI=1S/C8H9F3INO/c1-6(2-3-6)7(12)4-13-5(14-7)8(9,10)11/h2-4H2,1H3. The molecule has 1 aliphatic carbocycles. The van der Waals surface area contributed by atoms with Crippen molar-refractivity contribution in [1.82, 2.24) is 0 Å². The summed E-state index contributed by atoms with van der Waals surface area (Å²) in [5, 5.41) is 0. The molecule has 1 unspecified atom stereocenters. The van der Waals surface area contributed by atoms with Crippen LogP contribution in [0.2, 0.25) is 0 Å². The summed E-state index contributed by atoms with van der Waals surface area (Å²) in [4.78, 5) is 3.43. The zero-order chi connectivity index (χ0) is 10.6. The van der Waals surface area contributed by atoms with Crippen LogP contribution in [0, 0.1) is 5.41 Å². The van der Waals surface area contributed by atoms with E-state index in [4.69, 9.17) is 4.74 Å². The van der Waals surface area contributed by atoms with E-state index >= 15 is 0 Å². The van der Waals surface area contributed by atoms with Crippen LogP contribution in [0.5, 0.6) is 0 Å². The number of halogens is 4. The van der Waals surface area contributed by atoms with Gasteiger partial charge in [0.1, 0.15) is 0 Å². The number of rotatable bonds is 1. The molecule has 1 heterocycles. The summed E-state index contributed by atoms with van der Waals surface area (Å²) in [7, 11) is 0. The zero-order valence-corrected chi connectivity index (χ0v) is 9.65. The molecule has 0 aromatic heterocycles. The van der Waals surface area contributed by atoms with Crippen LogP contribution in [-0.4, -0.2) is 22.2 Å². The minimum absolute atomic E-state index is 0.110. The minimum atomic E-state index is -4.45. The van der Waals surface area contributed by atoms with Crippen LogP contribution in [0.15, 0.2) is 4.99 Å². The lowest BCUT2D eigenvalue weighted by atomic mass is 10.0. The maximum absolute atomic E-state index is 12.3. The van der Waals surface area contributed by atoms with Crippen LogP contribution in [0.4, 0.5) is 13.2 Å². The molecule has 1 aliphatic heterocycles. The third-order valence-electron chi connectivity index (χ3n) is 2.83. The highest BCUT2D eigenvalue weighted by Crippen LogP contribution is 2.60. The quantitative estimate of drug-likeness (QED) is 0.538. The highest BCUT2D eigenvalue weighted by atomic mass is 127. The maximum Gasteiger partial charge on any atom is 0.468 e. The van der Waals surface area contributed by atoms with Crippen molar-refractivity contribution in [2.45, 2.75) is 29.5 Å². The van der Waals surface area contributed by atoms with E-state index in [1.807, 2.05) is 29.5 Å². The molecular formula is C8H9F3INO. The molecule has 2 rings (SSSR count). The van der Waals surface area contributed by atoms with Crippen LogP contribution in [-0.2, 0) is 4.74 Å². The Morgan fingerprint density at radius 3 is 2.36 bits per heavy atom. The Morgan fingerprint density at radius 2 is 2.00 bits per heavy atom. The molecule has 0 N–H and O–H groups in total. The third kappa shape index (κ3) is 1.51. The number of alkyl halides is 4. The van der Waals surface area contributed by atoms with Crippen molar-refractivity contribution in [2.24, 2.45) is 10.4 Å². The van der Waals surface area contributed by atoms with Gasteiger partial charge in [0.05, 0.1) is 6.54 Å². The lowest BCUT2D eigenvalue weighted by molar-refractivity contribution is -0.0826. The first-order chi connectivity index (χ1) is 6.27. The second-order valence-corrected chi connectivity index (χ2v) is 5.75. The van der Waals surface area contributed by atoms with Gasteiger partial charge in [-0.1, -0.05) is 6.92 Å². The number of ether oxygens (including phenoxy) is 1. The Morgan fingerprint density at radius 1 is 1.43 bits per heavy atom. The van der Waals surface area contributed by atoms with E-state index in [9.17, 15) is 13.2 Å². The van der Waals surface area contributed by atoms with Gasteiger partial charge in [-0.2, -0.15) is 13.2 Å². The Hall–Kier alpha value is -0.0100. The lowest BCUT2D eigenvalue weighted by Crippen LogP contribution is -2.37. The van der Waals surface area contributed by atoms with Crippen molar-refractivity contribution in [3.05, 3.63) is 0 Å². The minimum Gasteiger partial charge on any atom is -0.455 e. The molecule has 1 fully saturated rings. The SMILES string of the molecule is CC1(C2(I)CN=C(C(F)(F)F)O2)CC1. The van der Waals surface area contributed by atoms with Gasteiger partial charge in [0.15, 0.2) is 3.61 Å². The summed E-state index contributed by atoms with van der Waals surface area (Å²) in [6.07, 6.45) is -2.62. The fraction of sp³-hybridized carbons (Fsp3) is 0.875. The van der Waals surface area contributed by atoms with Crippen molar-refractivity contribution in [3.8, 4) is 0 Å². The predicted molar refractivity (Wildman–Crippen MR) is 53.5 cm³/mol. The van der Waals surface area contributed by atoms with Gasteiger partial charge in [0.25, 0.3) is 5.90 Å². The van der Waals surface area contributed by atoms with Gasteiger partial charge in [-0.3, -0.25) is 0 Å². The molecule has 0 amide bonds. The molecule has 0 bridgehead atoms. The summed E-state index contributed by atoms with van der Waals surface area (Å²) in [5.74, 6) is -1.07. The summed E-state index contributed by atoms with van der Waals surface area (Å²) in [6, 6.07) is 0. The predicted octanol–water partition coefficient (Wildman–Crippen LogP) is 2.91.